The van der Waals surface area contributed by atoms with Crippen LogP contribution in [0.15, 0.2) is 109 Å². The van der Waals surface area contributed by atoms with Crippen LogP contribution < -0.4 is 0 Å². The fraction of sp³-hybridized carbons (Fsp3) is 0.121. The highest BCUT2D eigenvalue weighted by atomic mass is 14.7. The zero-order valence-corrected chi connectivity index (χ0v) is 19.0. The lowest BCUT2D eigenvalue weighted by molar-refractivity contribution is 0.589. The number of hydrogen-bond donors (Lipinski definition) is 0. The third-order valence-corrected chi connectivity index (χ3v) is 7.62. The minimum Gasteiger partial charge on any atom is -0.248 e. The summed E-state index contributed by atoms with van der Waals surface area (Å²) in [6.07, 6.45) is 3.38. The van der Waals surface area contributed by atoms with Crippen molar-refractivity contribution in [3.8, 4) is 11.3 Å². The van der Waals surface area contributed by atoms with Gasteiger partial charge in [-0.3, -0.25) is 0 Å². The monoisotopic (exact) mass is 435 g/mol. The van der Waals surface area contributed by atoms with E-state index in [2.05, 4.69) is 109 Å². The third kappa shape index (κ3) is 3.12. The maximum atomic E-state index is 5.02. The Morgan fingerprint density at radius 3 is 2.32 bits per heavy atom. The fourth-order valence-corrected chi connectivity index (χ4v) is 5.94. The number of nitrogens with zero attached hydrogens (tertiary/aromatic N) is 1. The predicted molar refractivity (Wildman–Crippen MR) is 143 cm³/mol. The van der Waals surface area contributed by atoms with E-state index in [0.29, 0.717) is 5.92 Å². The molecule has 1 atom stereocenters. The number of hydrogen-bond acceptors (Lipinski definition) is 1. The number of fused-ring (bicyclic) bond motifs is 6. The maximum absolute atomic E-state index is 5.02. The van der Waals surface area contributed by atoms with Crippen molar-refractivity contribution in [2.24, 2.45) is 0 Å². The Bertz CT molecular complexity index is 1690. The van der Waals surface area contributed by atoms with Gasteiger partial charge < -0.3 is 0 Å². The minimum absolute atomic E-state index is 0.509. The van der Waals surface area contributed by atoms with Gasteiger partial charge in [0.2, 0.25) is 0 Å². The topological polar surface area (TPSA) is 12.9 Å². The van der Waals surface area contributed by atoms with Gasteiger partial charge in [0, 0.05) is 10.9 Å². The van der Waals surface area contributed by atoms with Crippen LogP contribution in [0.2, 0.25) is 0 Å². The lowest BCUT2D eigenvalue weighted by Gasteiger charge is -2.28. The van der Waals surface area contributed by atoms with Crippen LogP contribution in [0, 0.1) is 0 Å². The molecule has 0 saturated carbocycles. The summed E-state index contributed by atoms with van der Waals surface area (Å²) in [4.78, 5) is 5.02. The van der Waals surface area contributed by atoms with Gasteiger partial charge in [0.1, 0.15) is 0 Å². The second kappa shape index (κ2) is 7.81. The predicted octanol–water partition coefficient (Wildman–Crippen LogP) is 8.48. The van der Waals surface area contributed by atoms with Crippen molar-refractivity contribution in [1.82, 2.24) is 4.98 Å². The molecular weight excluding hydrogens is 410 g/mol. The van der Waals surface area contributed by atoms with Gasteiger partial charge in [-0.05, 0) is 75.5 Å². The van der Waals surface area contributed by atoms with E-state index in [9.17, 15) is 0 Å². The SMILES string of the molecule is c1ccc(C2CCc3c(ccc4c3ccc3ccccc34)C2)c(-c2ccc3ccccc3n2)c1. The van der Waals surface area contributed by atoms with Crippen LogP contribution in [0.5, 0.6) is 0 Å². The van der Waals surface area contributed by atoms with Gasteiger partial charge in [-0.2, -0.15) is 0 Å². The van der Waals surface area contributed by atoms with Gasteiger partial charge in [-0.1, -0.05) is 97.1 Å². The van der Waals surface area contributed by atoms with E-state index in [1.54, 1.807) is 5.56 Å². The molecule has 1 unspecified atom stereocenters. The van der Waals surface area contributed by atoms with Crippen LogP contribution in [0.4, 0.5) is 0 Å². The highest BCUT2D eigenvalue weighted by molar-refractivity contribution is 6.08. The second-order valence-electron chi connectivity index (χ2n) is 9.50. The molecule has 1 heterocycles. The van der Waals surface area contributed by atoms with Crippen molar-refractivity contribution < 1.29 is 0 Å². The van der Waals surface area contributed by atoms with Crippen LogP contribution in [-0.2, 0) is 12.8 Å². The highest BCUT2D eigenvalue weighted by Crippen LogP contribution is 2.40. The summed E-state index contributed by atoms with van der Waals surface area (Å²) in [6.45, 7) is 0. The van der Waals surface area contributed by atoms with Crippen molar-refractivity contribution in [3.63, 3.8) is 0 Å². The summed E-state index contributed by atoms with van der Waals surface area (Å²) >= 11 is 0. The lowest BCUT2D eigenvalue weighted by Crippen LogP contribution is -2.14. The molecule has 0 saturated heterocycles. The van der Waals surface area contributed by atoms with Crippen molar-refractivity contribution in [2.75, 3.05) is 0 Å². The molecule has 1 aliphatic rings. The molecule has 7 rings (SSSR count). The van der Waals surface area contributed by atoms with E-state index >= 15 is 0 Å². The molecule has 0 fully saturated rings. The van der Waals surface area contributed by atoms with E-state index in [4.69, 9.17) is 4.98 Å². The number of pyridine rings is 1. The molecule has 0 amide bonds. The van der Waals surface area contributed by atoms with E-state index < -0.39 is 0 Å². The number of para-hydroxylation sites is 1. The molecule has 0 bridgehead atoms. The molecule has 162 valence electrons. The third-order valence-electron chi connectivity index (χ3n) is 7.62. The normalized spacial score (nSPS) is 15.6. The lowest BCUT2D eigenvalue weighted by atomic mass is 9.77. The van der Waals surface area contributed by atoms with Crippen molar-refractivity contribution in [2.45, 2.75) is 25.2 Å². The highest BCUT2D eigenvalue weighted by Gasteiger charge is 2.24. The number of benzene rings is 5. The second-order valence-corrected chi connectivity index (χ2v) is 9.50. The first kappa shape index (κ1) is 19.5. The molecule has 34 heavy (non-hydrogen) atoms. The first-order valence-electron chi connectivity index (χ1n) is 12.2. The zero-order chi connectivity index (χ0) is 22.5. The Kier molecular flexibility index (Phi) is 4.48. The van der Waals surface area contributed by atoms with Gasteiger partial charge in [0.05, 0.1) is 11.2 Å². The molecule has 0 N–H and O–H groups in total. The van der Waals surface area contributed by atoms with Gasteiger partial charge in [0.15, 0.2) is 0 Å². The van der Waals surface area contributed by atoms with Gasteiger partial charge in [-0.25, -0.2) is 4.98 Å². The Morgan fingerprint density at radius 2 is 1.35 bits per heavy atom. The molecule has 1 aromatic heterocycles. The van der Waals surface area contributed by atoms with E-state index in [0.717, 1.165) is 24.1 Å². The maximum Gasteiger partial charge on any atom is 0.0712 e. The average molecular weight is 436 g/mol. The van der Waals surface area contributed by atoms with E-state index in [1.807, 2.05) is 0 Å². The Hall–Kier alpha value is -3.97. The fourth-order valence-electron chi connectivity index (χ4n) is 5.94. The number of aryl methyl sites for hydroxylation is 1. The molecule has 1 heteroatoms. The molecule has 0 radical (unpaired) electrons. The van der Waals surface area contributed by atoms with E-state index in [1.165, 1.54) is 50.0 Å². The standard InChI is InChI=1S/C33H25N/c1-3-9-26-22(7-1)13-18-30-28-17-14-24(21-25(28)15-19-29(26)30)27-10-4-5-11-31(27)33-20-16-23-8-2-6-12-32(23)34-33/h1-13,15-16,18-20,24H,14,17,21H2. The summed E-state index contributed by atoms with van der Waals surface area (Å²) < 4.78 is 0. The summed E-state index contributed by atoms with van der Waals surface area (Å²) in [6, 6.07) is 39.7. The summed E-state index contributed by atoms with van der Waals surface area (Å²) in [5.41, 5.74) is 7.87. The van der Waals surface area contributed by atoms with Crippen molar-refractivity contribution in [3.05, 3.63) is 126 Å². The van der Waals surface area contributed by atoms with Gasteiger partial charge >= 0.3 is 0 Å². The molecule has 0 aliphatic heterocycles. The summed E-state index contributed by atoms with van der Waals surface area (Å²) in [7, 11) is 0. The quantitative estimate of drug-likeness (QED) is 0.249. The zero-order valence-electron chi connectivity index (χ0n) is 19.0. The molecule has 6 aromatic rings. The molecule has 0 spiro atoms. The Morgan fingerprint density at radius 1 is 0.588 bits per heavy atom. The smallest absolute Gasteiger partial charge is 0.0712 e. The van der Waals surface area contributed by atoms with Crippen LogP contribution in [-0.4, -0.2) is 4.98 Å². The van der Waals surface area contributed by atoms with Crippen LogP contribution in [0.1, 0.15) is 29.0 Å². The average Bonchev–Trinajstić information content (AvgIpc) is 2.92. The first-order valence-corrected chi connectivity index (χ1v) is 12.2. The van der Waals surface area contributed by atoms with Crippen LogP contribution in [0.25, 0.3) is 43.7 Å². The van der Waals surface area contributed by atoms with Crippen molar-refractivity contribution in [1.29, 1.82) is 0 Å². The Balaban J connectivity index is 1.30. The largest absolute Gasteiger partial charge is 0.248 e. The summed E-state index contributed by atoms with van der Waals surface area (Å²) in [5, 5.41) is 6.68. The van der Waals surface area contributed by atoms with Gasteiger partial charge in [-0.15, -0.1) is 0 Å². The van der Waals surface area contributed by atoms with Crippen molar-refractivity contribution >= 4 is 32.4 Å². The van der Waals surface area contributed by atoms with E-state index in [-0.39, 0.29) is 0 Å². The number of aromatic nitrogens is 1. The van der Waals surface area contributed by atoms with Crippen LogP contribution >= 0.6 is 0 Å². The molecular formula is C33H25N. The molecule has 1 aliphatic carbocycles. The molecule has 1 nitrogen and oxygen atoms in total. The van der Waals surface area contributed by atoms with Gasteiger partial charge in [0.25, 0.3) is 0 Å². The number of rotatable bonds is 2. The Labute approximate surface area is 199 Å². The van der Waals surface area contributed by atoms with Crippen LogP contribution in [0.3, 0.4) is 0 Å². The molecule has 5 aromatic carbocycles. The summed E-state index contributed by atoms with van der Waals surface area (Å²) in [5.74, 6) is 0.509. The first-order chi connectivity index (χ1) is 16.8. The minimum atomic E-state index is 0.509.